The first kappa shape index (κ1) is 22.9. The molecule has 5 unspecified atom stereocenters. The van der Waals surface area contributed by atoms with Gasteiger partial charge in [0, 0.05) is 6.04 Å². The van der Waals surface area contributed by atoms with Crippen molar-refractivity contribution in [3.63, 3.8) is 0 Å². The number of carbonyl (C=O) groups is 3. The van der Waals surface area contributed by atoms with Gasteiger partial charge in [-0.3, -0.25) is 24.6 Å². The zero-order chi connectivity index (χ0) is 24.1. The maximum Gasteiger partial charge on any atom is 0.416 e. The Bertz CT molecular complexity index is 1100. The summed E-state index contributed by atoms with van der Waals surface area (Å²) in [7, 11) is 0. The van der Waals surface area contributed by atoms with Crippen molar-refractivity contribution in [2.45, 2.75) is 37.3 Å². The van der Waals surface area contributed by atoms with Gasteiger partial charge in [-0.1, -0.05) is 42.5 Å². The Morgan fingerprint density at radius 1 is 1.12 bits per heavy atom. The van der Waals surface area contributed by atoms with Crippen LogP contribution in [0.15, 0.2) is 54.6 Å². The monoisotopic (exact) mass is 462 g/mol. The Hall–Kier alpha value is -3.24. The van der Waals surface area contributed by atoms with E-state index in [0.29, 0.717) is 5.56 Å². The summed E-state index contributed by atoms with van der Waals surface area (Å²) >= 11 is 0. The Balaban J connectivity index is 1.82. The third-order valence-corrected chi connectivity index (χ3v) is 6.46. The number of halogens is 3. The number of hydrogen-bond donors (Lipinski definition) is 3. The number of imide groups is 1. The molecule has 2 aliphatic heterocycles. The third kappa shape index (κ3) is 3.59. The van der Waals surface area contributed by atoms with Crippen LogP contribution in [-0.2, 0) is 27.1 Å². The molecular weight excluding hydrogens is 441 g/mol. The summed E-state index contributed by atoms with van der Waals surface area (Å²) in [6.45, 7) is 1.06. The van der Waals surface area contributed by atoms with E-state index in [9.17, 15) is 37.8 Å². The summed E-state index contributed by atoms with van der Waals surface area (Å²) in [5.74, 6) is -5.85. The average Bonchev–Trinajstić information content (AvgIpc) is 3.25. The first-order valence-electron chi connectivity index (χ1n) is 10.2. The lowest BCUT2D eigenvalue weighted by molar-refractivity contribution is -0.157. The van der Waals surface area contributed by atoms with Gasteiger partial charge in [-0.15, -0.1) is 0 Å². The number of alkyl halides is 3. The van der Waals surface area contributed by atoms with Crippen molar-refractivity contribution in [1.29, 1.82) is 0 Å². The predicted molar refractivity (Wildman–Crippen MR) is 108 cm³/mol. The number of carboxylic acid groups (broad SMARTS) is 1. The largest absolute Gasteiger partial charge is 0.480 e. The van der Waals surface area contributed by atoms with Gasteiger partial charge in [0.05, 0.1) is 30.0 Å². The number of rotatable bonds is 5. The fourth-order valence-electron chi connectivity index (χ4n) is 4.88. The lowest BCUT2D eigenvalue weighted by atomic mass is 9.76. The number of carbonyl (C=O) groups excluding carboxylic acids is 2. The van der Waals surface area contributed by atoms with E-state index in [4.69, 9.17) is 0 Å². The van der Waals surface area contributed by atoms with Crippen LogP contribution in [-0.4, -0.2) is 44.5 Å². The van der Waals surface area contributed by atoms with Gasteiger partial charge in [-0.2, -0.15) is 13.2 Å². The first-order chi connectivity index (χ1) is 15.5. The van der Waals surface area contributed by atoms with Crippen LogP contribution in [0.2, 0.25) is 0 Å². The maximum absolute atomic E-state index is 13.4. The molecule has 0 radical (unpaired) electrons. The van der Waals surface area contributed by atoms with Gasteiger partial charge in [0.25, 0.3) is 0 Å². The molecule has 174 valence electrons. The molecular formula is C23H21F3N2O5. The summed E-state index contributed by atoms with van der Waals surface area (Å²) in [4.78, 5) is 40.0. The zero-order valence-electron chi connectivity index (χ0n) is 17.4. The number of aliphatic hydroxyl groups excluding tert-OH is 1. The summed E-state index contributed by atoms with van der Waals surface area (Å²) in [6, 6.07) is 11.5. The smallest absolute Gasteiger partial charge is 0.416 e. The van der Waals surface area contributed by atoms with Crippen LogP contribution in [0, 0.1) is 11.8 Å². The van der Waals surface area contributed by atoms with Gasteiger partial charge in [0.1, 0.15) is 0 Å². The quantitative estimate of drug-likeness (QED) is 0.589. The summed E-state index contributed by atoms with van der Waals surface area (Å²) in [5, 5.41) is 23.1. The number of aliphatic hydroxyl groups is 1. The van der Waals surface area contributed by atoms with Gasteiger partial charge in [-0.25, -0.2) is 0 Å². The highest BCUT2D eigenvalue weighted by molar-refractivity contribution is 6.09. The molecule has 2 aromatic rings. The Labute approximate surface area is 186 Å². The molecule has 33 heavy (non-hydrogen) atoms. The minimum absolute atomic E-state index is 0.00584. The van der Waals surface area contributed by atoms with Crippen LogP contribution in [0.4, 0.5) is 13.2 Å². The minimum atomic E-state index is -4.66. The number of fused-ring (bicyclic) bond motifs is 1. The Morgan fingerprint density at radius 2 is 1.79 bits per heavy atom. The van der Waals surface area contributed by atoms with Crippen molar-refractivity contribution >= 4 is 17.8 Å². The van der Waals surface area contributed by atoms with Gasteiger partial charge < -0.3 is 10.2 Å². The van der Waals surface area contributed by atoms with Crippen molar-refractivity contribution in [3.8, 4) is 0 Å². The number of nitrogens with one attached hydrogen (secondary N) is 1. The number of carboxylic acids is 1. The van der Waals surface area contributed by atoms with Crippen LogP contribution in [0.25, 0.3) is 0 Å². The third-order valence-electron chi connectivity index (χ3n) is 6.46. The standard InChI is InChI=1S/C23H21F3N2O5/c1-12(29)22(21(32)33)17-16(18(27-22)14-8-5-9-15(10-14)23(24,25)26)19(30)28(20(17)31)11-13-6-3-2-4-7-13/h2-10,12,16-18,27,29H,11H2,1H3,(H,32,33). The molecule has 2 fully saturated rings. The number of benzene rings is 2. The molecule has 0 aromatic heterocycles. The van der Waals surface area contributed by atoms with E-state index in [0.717, 1.165) is 23.1 Å². The fourth-order valence-corrected chi connectivity index (χ4v) is 4.88. The second-order valence-corrected chi connectivity index (χ2v) is 8.35. The maximum atomic E-state index is 13.4. The van der Waals surface area contributed by atoms with Crippen LogP contribution >= 0.6 is 0 Å². The molecule has 0 spiro atoms. The molecule has 2 aliphatic rings. The van der Waals surface area contributed by atoms with E-state index < -0.39 is 59.0 Å². The lowest BCUT2D eigenvalue weighted by Crippen LogP contribution is -2.62. The Morgan fingerprint density at radius 3 is 2.36 bits per heavy atom. The molecule has 0 aliphatic carbocycles. The summed E-state index contributed by atoms with van der Waals surface area (Å²) in [6.07, 6.45) is -6.27. The number of nitrogens with zero attached hydrogens (tertiary/aromatic N) is 1. The molecule has 0 saturated carbocycles. The average molecular weight is 462 g/mol. The molecule has 2 amide bonds. The van der Waals surface area contributed by atoms with Crippen LogP contribution in [0.1, 0.15) is 29.7 Å². The van der Waals surface area contributed by atoms with Crippen LogP contribution < -0.4 is 5.32 Å². The van der Waals surface area contributed by atoms with Gasteiger partial charge >= 0.3 is 12.1 Å². The zero-order valence-corrected chi connectivity index (χ0v) is 17.4. The highest BCUT2D eigenvalue weighted by Crippen LogP contribution is 2.50. The second kappa shape index (κ2) is 7.96. The van der Waals surface area contributed by atoms with Crippen molar-refractivity contribution in [2.75, 3.05) is 0 Å². The van der Waals surface area contributed by atoms with E-state index in [1.54, 1.807) is 30.3 Å². The van der Waals surface area contributed by atoms with E-state index >= 15 is 0 Å². The van der Waals surface area contributed by atoms with Crippen molar-refractivity contribution in [3.05, 3.63) is 71.3 Å². The van der Waals surface area contributed by atoms with Crippen molar-refractivity contribution < 1.29 is 37.8 Å². The minimum Gasteiger partial charge on any atom is -0.480 e. The van der Waals surface area contributed by atoms with E-state index in [-0.39, 0.29) is 12.1 Å². The number of amides is 2. The molecule has 3 N–H and O–H groups in total. The molecule has 2 saturated heterocycles. The molecule has 2 aromatic carbocycles. The lowest BCUT2D eigenvalue weighted by Gasteiger charge is -2.33. The second-order valence-electron chi connectivity index (χ2n) is 8.35. The topological polar surface area (TPSA) is 107 Å². The Kier molecular flexibility index (Phi) is 5.53. The molecule has 5 atom stereocenters. The van der Waals surface area contributed by atoms with Gasteiger partial charge in [0.2, 0.25) is 11.8 Å². The number of likely N-dealkylation sites (tertiary alicyclic amines) is 1. The summed E-state index contributed by atoms with van der Waals surface area (Å²) in [5.41, 5.74) is -2.59. The van der Waals surface area contributed by atoms with Gasteiger partial charge in [0.15, 0.2) is 5.54 Å². The summed E-state index contributed by atoms with van der Waals surface area (Å²) < 4.78 is 39.9. The first-order valence-corrected chi connectivity index (χ1v) is 10.2. The van der Waals surface area contributed by atoms with Crippen LogP contribution in [0.5, 0.6) is 0 Å². The number of aliphatic carboxylic acids is 1. The van der Waals surface area contributed by atoms with Crippen molar-refractivity contribution in [2.24, 2.45) is 11.8 Å². The molecule has 0 bridgehead atoms. The van der Waals surface area contributed by atoms with E-state index in [2.05, 4.69) is 5.32 Å². The van der Waals surface area contributed by atoms with E-state index in [1.165, 1.54) is 13.0 Å². The molecule has 4 rings (SSSR count). The number of hydrogen-bond acceptors (Lipinski definition) is 5. The molecule has 2 heterocycles. The van der Waals surface area contributed by atoms with Crippen molar-refractivity contribution in [1.82, 2.24) is 10.2 Å². The molecule has 7 nitrogen and oxygen atoms in total. The van der Waals surface area contributed by atoms with Crippen LogP contribution in [0.3, 0.4) is 0 Å². The SMILES string of the molecule is CC(O)C1(C(=O)O)NC(c2cccc(C(F)(F)F)c2)C2C(=O)N(Cc3ccccc3)C(=O)C21. The van der Waals surface area contributed by atoms with E-state index in [1.807, 2.05) is 0 Å². The fraction of sp³-hybridized carbons (Fsp3) is 0.348. The highest BCUT2D eigenvalue weighted by Gasteiger charge is 2.70. The highest BCUT2D eigenvalue weighted by atomic mass is 19.4. The molecule has 10 heteroatoms. The van der Waals surface area contributed by atoms with Gasteiger partial charge in [-0.05, 0) is 30.2 Å². The normalized spacial score (nSPS) is 28.2. The predicted octanol–water partition coefficient (Wildman–Crippen LogP) is 2.36.